The van der Waals surface area contributed by atoms with Crippen LogP contribution in [0.15, 0.2) is 54.2 Å². The molecule has 2 heterocycles. The molecule has 4 rings (SSSR count). The number of hydrogen-bond donors (Lipinski definition) is 1. The molecule has 2 aromatic carbocycles. The van der Waals surface area contributed by atoms with Crippen molar-refractivity contribution in [2.75, 3.05) is 30.4 Å². The Morgan fingerprint density at radius 2 is 1.72 bits per heavy atom. The van der Waals surface area contributed by atoms with E-state index in [0.717, 1.165) is 25.9 Å². The fourth-order valence-corrected chi connectivity index (χ4v) is 4.35. The molecule has 0 radical (unpaired) electrons. The maximum atomic E-state index is 13.6. The van der Waals surface area contributed by atoms with E-state index >= 15 is 0 Å². The van der Waals surface area contributed by atoms with Gasteiger partial charge in [-0.15, -0.1) is 0 Å². The molecule has 0 saturated carbocycles. The van der Waals surface area contributed by atoms with Crippen LogP contribution in [0.5, 0.6) is 5.75 Å². The van der Waals surface area contributed by atoms with E-state index in [1.54, 1.807) is 55.6 Å². The smallest absolute Gasteiger partial charge is 0.282 e. The molecular formula is C25H27N3O4. The first-order chi connectivity index (χ1) is 15.4. The number of benzene rings is 2. The molecule has 0 bridgehead atoms. The number of ether oxygens (including phenoxy) is 1. The third-order valence-corrected chi connectivity index (χ3v) is 5.86. The lowest BCUT2D eigenvalue weighted by Crippen LogP contribution is -2.39. The molecule has 0 spiro atoms. The van der Waals surface area contributed by atoms with Crippen molar-refractivity contribution in [1.82, 2.24) is 4.90 Å². The Morgan fingerprint density at radius 3 is 2.31 bits per heavy atom. The van der Waals surface area contributed by atoms with Crippen LogP contribution < -0.4 is 15.0 Å². The molecule has 2 aromatic rings. The van der Waals surface area contributed by atoms with Crippen LogP contribution in [0, 0.1) is 5.92 Å². The summed E-state index contributed by atoms with van der Waals surface area (Å²) < 4.78 is 5.21. The molecule has 1 fully saturated rings. The van der Waals surface area contributed by atoms with Gasteiger partial charge in [-0.2, -0.15) is 0 Å². The molecule has 7 nitrogen and oxygen atoms in total. The van der Waals surface area contributed by atoms with Gasteiger partial charge >= 0.3 is 0 Å². The van der Waals surface area contributed by atoms with Crippen LogP contribution in [0.1, 0.15) is 32.3 Å². The summed E-state index contributed by atoms with van der Waals surface area (Å²) in [5, 5.41) is 2.73. The van der Waals surface area contributed by atoms with Crippen LogP contribution in [-0.2, 0) is 14.4 Å². The Kier molecular flexibility index (Phi) is 5.99. The molecule has 1 saturated heterocycles. The van der Waals surface area contributed by atoms with Gasteiger partial charge in [0, 0.05) is 25.7 Å². The average Bonchev–Trinajstić information content (AvgIpc) is 3.04. The number of likely N-dealkylation sites (tertiary alicyclic amines) is 1. The minimum atomic E-state index is -0.347. The van der Waals surface area contributed by atoms with E-state index in [-0.39, 0.29) is 17.7 Å². The van der Waals surface area contributed by atoms with Gasteiger partial charge < -0.3 is 15.0 Å². The highest BCUT2D eigenvalue weighted by Crippen LogP contribution is 2.37. The summed E-state index contributed by atoms with van der Waals surface area (Å²) in [6.45, 7) is 5.08. The third-order valence-electron chi connectivity index (χ3n) is 5.86. The number of anilines is 2. The van der Waals surface area contributed by atoms with Crippen molar-refractivity contribution in [3.63, 3.8) is 0 Å². The first-order valence-electron chi connectivity index (χ1n) is 10.8. The minimum Gasteiger partial charge on any atom is -0.497 e. The van der Waals surface area contributed by atoms with Gasteiger partial charge in [-0.25, -0.2) is 4.90 Å². The monoisotopic (exact) mass is 433 g/mol. The lowest BCUT2D eigenvalue weighted by atomic mass is 9.97. The van der Waals surface area contributed by atoms with Crippen molar-refractivity contribution in [3.8, 4) is 5.75 Å². The largest absolute Gasteiger partial charge is 0.497 e. The Morgan fingerprint density at radius 1 is 1.03 bits per heavy atom. The van der Waals surface area contributed by atoms with E-state index < -0.39 is 0 Å². The Bertz CT molecular complexity index is 1070. The minimum absolute atomic E-state index is 0.169. The first-order valence-corrected chi connectivity index (χ1v) is 10.8. The van der Waals surface area contributed by atoms with Gasteiger partial charge in [0.1, 0.15) is 11.4 Å². The van der Waals surface area contributed by atoms with Crippen LogP contribution in [0.4, 0.5) is 11.4 Å². The number of piperidine rings is 1. The number of imide groups is 1. The van der Waals surface area contributed by atoms with Gasteiger partial charge in [-0.05, 0) is 60.7 Å². The zero-order chi connectivity index (χ0) is 22.8. The van der Waals surface area contributed by atoms with Gasteiger partial charge in [-0.1, -0.05) is 19.1 Å². The molecule has 2 aliphatic heterocycles. The Hall–Kier alpha value is -3.61. The molecule has 1 atom stereocenters. The Balaban J connectivity index is 1.76. The fraction of sp³-hybridized carbons (Fsp3) is 0.320. The lowest BCUT2D eigenvalue weighted by molar-refractivity contribution is -0.121. The highest BCUT2D eigenvalue weighted by molar-refractivity contribution is 6.45. The molecule has 3 amide bonds. The molecule has 1 unspecified atom stereocenters. The highest BCUT2D eigenvalue weighted by atomic mass is 16.5. The summed E-state index contributed by atoms with van der Waals surface area (Å²) >= 11 is 0. The third kappa shape index (κ3) is 4.10. The van der Waals surface area contributed by atoms with E-state index in [4.69, 9.17) is 4.74 Å². The predicted molar refractivity (Wildman–Crippen MR) is 123 cm³/mol. The van der Waals surface area contributed by atoms with Crippen molar-refractivity contribution < 1.29 is 19.1 Å². The molecule has 0 aromatic heterocycles. The molecular weight excluding hydrogens is 406 g/mol. The van der Waals surface area contributed by atoms with E-state index in [0.29, 0.717) is 39.9 Å². The van der Waals surface area contributed by atoms with Gasteiger partial charge in [0.15, 0.2) is 0 Å². The summed E-state index contributed by atoms with van der Waals surface area (Å²) in [6.07, 6.45) is 2.08. The number of nitrogens with zero attached hydrogens (tertiary/aromatic N) is 2. The highest BCUT2D eigenvalue weighted by Gasteiger charge is 2.43. The number of carbonyl (C=O) groups excluding carboxylic acids is 3. The molecule has 166 valence electrons. The normalized spacial score (nSPS) is 18.9. The molecule has 2 aliphatic rings. The van der Waals surface area contributed by atoms with Crippen molar-refractivity contribution >= 4 is 34.7 Å². The van der Waals surface area contributed by atoms with E-state index in [1.165, 1.54) is 11.8 Å². The van der Waals surface area contributed by atoms with Crippen molar-refractivity contribution in [2.24, 2.45) is 5.92 Å². The lowest BCUT2D eigenvalue weighted by Gasteiger charge is -2.33. The number of carbonyl (C=O) groups is 3. The first kappa shape index (κ1) is 21.6. The summed E-state index contributed by atoms with van der Waals surface area (Å²) in [6, 6.07) is 13.9. The summed E-state index contributed by atoms with van der Waals surface area (Å²) in [4.78, 5) is 41.8. The number of rotatable bonds is 5. The zero-order valence-electron chi connectivity index (χ0n) is 18.6. The van der Waals surface area contributed by atoms with Crippen LogP contribution >= 0.6 is 0 Å². The van der Waals surface area contributed by atoms with Crippen LogP contribution in [0.25, 0.3) is 5.57 Å². The van der Waals surface area contributed by atoms with E-state index in [1.807, 2.05) is 0 Å². The van der Waals surface area contributed by atoms with Gasteiger partial charge in [0.2, 0.25) is 5.91 Å². The van der Waals surface area contributed by atoms with E-state index in [2.05, 4.69) is 17.1 Å². The van der Waals surface area contributed by atoms with E-state index in [9.17, 15) is 14.4 Å². The zero-order valence-corrected chi connectivity index (χ0v) is 18.6. The van der Waals surface area contributed by atoms with Crippen molar-refractivity contribution in [3.05, 3.63) is 59.8 Å². The summed E-state index contributed by atoms with van der Waals surface area (Å²) in [7, 11) is 1.57. The summed E-state index contributed by atoms with van der Waals surface area (Å²) in [5.41, 5.74) is 2.65. The van der Waals surface area contributed by atoms with Crippen molar-refractivity contribution in [2.45, 2.75) is 26.7 Å². The number of amides is 3. The van der Waals surface area contributed by atoms with Crippen LogP contribution in [0.3, 0.4) is 0 Å². The maximum absolute atomic E-state index is 13.6. The molecule has 1 N–H and O–H groups in total. The second-order valence-corrected chi connectivity index (χ2v) is 8.32. The fourth-order valence-electron chi connectivity index (χ4n) is 4.35. The Labute approximate surface area is 187 Å². The molecule has 7 heteroatoms. The van der Waals surface area contributed by atoms with Crippen molar-refractivity contribution in [1.29, 1.82) is 0 Å². The number of methoxy groups -OCH3 is 1. The second kappa shape index (κ2) is 8.86. The number of nitrogens with one attached hydrogen (secondary N) is 1. The molecule has 0 aliphatic carbocycles. The van der Waals surface area contributed by atoms with Gasteiger partial charge in [0.25, 0.3) is 11.8 Å². The number of hydrogen-bond acceptors (Lipinski definition) is 5. The summed E-state index contributed by atoms with van der Waals surface area (Å²) in [5.74, 6) is 0.269. The van der Waals surface area contributed by atoms with Crippen LogP contribution in [-0.4, -0.2) is 42.8 Å². The molecule has 32 heavy (non-hydrogen) atoms. The van der Waals surface area contributed by atoms with Gasteiger partial charge in [-0.3, -0.25) is 14.4 Å². The van der Waals surface area contributed by atoms with Gasteiger partial charge in [0.05, 0.1) is 18.4 Å². The maximum Gasteiger partial charge on any atom is 0.282 e. The SMILES string of the molecule is COc1ccc(N2C(=O)C(c3ccc(NC(C)=O)cc3)=C(N3CCCC(C)C3)C2=O)cc1. The predicted octanol–water partition coefficient (Wildman–Crippen LogP) is 3.67. The standard InChI is InChI=1S/C25H27N3O4/c1-16-5-4-14-27(15-16)23-22(18-6-8-19(9-7-18)26-17(2)29)24(30)28(25(23)31)20-10-12-21(32-3)13-11-20/h6-13,16H,4-5,14-15H2,1-3H3,(H,26,29). The topological polar surface area (TPSA) is 79.0 Å². The van der Waals surface area contributed by atoms with Crippen LogP contribution in [0.2, 0.25) is 0 Å². The second-order valence-electron chi connectivity index (χ2n) is 8.32. The quantitative estimate of drug-likeness (QED) is 0.728. The average molecular weight is 434 g/mol.